The zero-order chi connectivity index (χ0) is 14.3. The summed E-state index contributed by atoms with van der Waals surface area (Å²) >= 11 is 1.57. The third kappa shape index (κ3) is 2.10. The Bertz CT molecular complexity index is 741. The minimum absolute atomic E-state index is 0.0521. The SMILES string of the molecule is CC(N)c1nc(-c2nc3cccnc3n2C(C)C)cs1. The molecular weight excluding hydrogens is 270 g/mol. The molecule has 0 fully saturated rings. The van der Waals surface area contributed by atoms with Gasteiger partial charge in [0.1, 0.15) is 16.2 Å². The fourth-order valence-corrected chi connectivity index (χ4v) is 2.96. The van der Waals surface area contributed by atoms with Crippen molar-refractivity contribution in [2.45, 2.75) is 32.9 Å². The number of imidazole rings is 1. The molecule has 20 heavy (non-hydrogen) atoms. The summed E-state index contributed by atoms with van der Waals surface area (Å²) in [4.78, 5) is 13.7. The fraction of sp³-hybridized carbons (Fsp3) is 0.357. The van der Waals surface area contributed by atoms with Crippen LogP contribution in [0.25, 0.3) is 22.7 Å². The lowest BCUT2D eigenvalue weighted by molar-refractivity contribution is 0.618. The molecule has 104 valence electrons. The second-order valence-electron chi connectivity index (χ2n) is 5.10. The molecule has 3 rings (SSSR count). The van der Waals surface area contributed by atoms with Gasteiger partial charge >= 0.3 is 0 Å². The molecule has 0 saturated carbocycles. The highest BCUT2D eigenvalue weighted by Gasteiger charge is 2.18. The molecule has 3 heterocycles. The third-order valence-corrected chi connectivity index (χ3v) is 4.15. The molecule has 3 aromatic rings. The van der Waals surface area contributed by atoms with E-state index in [4.69, 9.17) is 5.73 Å². The molecule has 1 atom stereocenters. The minimum Gasteiger partial charge on any atom is -0.322 e. The summed E-state index contributed by atoms with van der Waals surface area (Å²) in [7, 11) is 0. The first-order chi connectivity index (χ1) is 9.58. The first kappa shape index (κ1) is 13.2. The number of nitrogens with two attached hydrogens (primary N) is 1. The van der Waals surface area contributed by atoms with Gasteiger partial charge in [0.2, 0.25) is 0 Å². The Morgan fingerprint density at radius 3 is 2.70 bits per heavy atom. The van der Waals surface area contributed by atoms with Crippen LogP contribution in [0.3, 0.4) is 0 Å². The van der Waals surface area contributed by atoms with E-state index in [9.17, 15) is 0 Å². The Morgan fingerprint density at radius 2 is 2.05 bits per heavy atom. The summed E-state index contributed by atoms with van der Waals surface area (Å²) in [6, 6.07) is 4.09. The molecule has 0 aliphatic rings. The first-order valence-corrected chi connectivity index (χ1v) is 7.50. The van der Waals surface area contributed by atoms with Gasteiger partial charge < -0.3 is 10.3 Å². The Morgan fingerprint density at radius 1 is 1.25 bits per heavy atom. The number of fused-ring (bicyclic) bond motifs is 1. The Hall–Kier alpha value is -1.79. The molecule has 2 N–H and O–H groups in total. The lowest BCUT2D eigenvalue weighted by Crippen LogP contribution is -2.06. The number of rotatable bonds is 3. The molecule has 0 bridgehead atoms. The maximum absolute atomic E-state index is 5.89. The average molecular weight is 287 g/mol. The van der Waals surface area contributed by atoms with E-state index in [1.54, 1.807) is 17.5 Å². The predicted molar refractivity (Wildman–Crippen MR) is 81.6 cm³/mol. The summed E-state index contributed by atoms with van der Waals surface area (Å²) in [5.74, 6) is 0.858. The van der Waals surface area contributed by atoms with E-state index in [2.05, 4.69) is 33.4 Å². The van der Waals surface area contributed by atoms with E-state index < -0.39 is 0 Å². The number of aromatic nitrogens is 4. The van der Waals surface area contributed by atoms with Gasteiger partial charge in [0.25, 0.3) is 0 Å². The Kier molecular flexibility index (Phi) is 3.27. The van der Waals surface area contributed by atoms with Gasteiger partial charge in [-0.15, -0.1) is 11.3 Å². The van der Waals surface area contributed by atoms with Crippen molar-refractivity contribution >= 4 is 22.5 Å². The molecule has 6 heteroatoms. The van der Waals surface area contributed by atoms with E-state index >= 15 is 0 Å². The monoisotopic (exact) mass is 287 g/mol. The van der Waals surface area contributed by atoms with Crippen molar-refractivity contribution in [3.8, 4) is 11.5 Å². The van der Waals surface area contributed by atoms with Crippen LogP contribution in [-0.2, 0) is 0 Å². The standard InChI is InChI=1S/C14H17N5S/c1-8(2)19-12-10(5-4-6-16-12)17-13(19)11-7-20-14(18-11)9(3)15/h4-9H,15H2,1-3H3. The Balaban J connectivity index is 2.21. The lowest BCUT2D eigenvalue weighted by Gasteiger charge is -2.10. The van der Waals surface area contributed by atoms with E-state index in [-0.39, 0.29) is 12.1 Å². The molecule has 5 nitrogen and oxygen atoms in total. The zero-order valence-electron chi connectivity index (χ0n) is 11.7. The smallest absolute Gasteiger partial charge is 0.162 e. The molecule has 0 saturated heterocycles. The Labute approximate surface area is 121 Å². The summed E-state index contributed by atoms with van der Waals surface area (Å²) in [5, 5.41) is 2.94. The topological polar surface area (TPSA) is 69.6 Å². The van der Waals surface area contributed by atoms with Crippen LogP contribution in [0.15, 0.2) is 23.7 Å². The second-order valence-corrected chi connectivity index (χ2v) is 5.99. The fourth-order valence-electron chi connectivity index (χ4n) is 2.20. The van der Waals surface area contributed by atoms with Crippen LogP contribution in [0.4, 0.5) is 0 Å². The van der Waals surface area contributed by atoms with Gasteiger partial charge in [0.05, 0.1) is 6.04 Å². The van der Waals surface area contributed by atoms with Crippen LogP contribution >= 0.6 is 11.3 Å². The van der Waals surface area contributed by atoms with Crippen LogP contribution in [0, 0.1) is 0 Å². The number of hydrogen-bond donors (Lipinski definition) is 1. The normalized spacial score (nSPS) is 13.2. The zero-order valence-corrected chi connectivity index (χ0v) is 12.6. The van der Waals surface area contributed by atoms with E-state index in [0.717, 1.165) is 27.7 Å². The highest BCUT2D eigenvalue weighted by atomic mass is 32.1. The van der Waals surface area contributed by atoms with Crippen molar-refractivity contribution < 1.29 is 0 Å². The minimum atomic E-state index is -0.0521. The number of thiazole rings is 1. The van der Waals surface area contributed by atoms with Gasteiger partial charge in [-0.3, -0.25) is 0 Å². The van der Waals surface area contributed by atoms with Gasteiger partial charge in [0.15, 0.2) is 11.5 Å². The average Bonchev–Trinajstić information content (AvgIpc) is 3.02. The molecule has 0 radical (unpaired) electrons. The highest BCUT2D eigenvalue weighted by Crippen LogP contribution is 2.29. The second kappa shape index (κ2) is 4.96. The molecule has 3 aromatic heterocycles. The van der Waals surface area contributed by atoms with Gasteiger partial charge in [-0.25, -0.2) is 15.0 Å². The van der Waals surface area contributed by atoms with E-state index in [1.807, 2.05) is 24.4 Å². The van der Waals surface area contributed by atoms with Gasteiger partial charge in [0, 0.05) is 17.6 Å². The van der Waals surface area contributed by atoms with E-state index in [1.165, 1.54) is 0 Å². The maximum atomic E-state index is 5.89. The summed E-state index contributed by atoms with van der Waals surface area (Å²) in [6.07, 6.45) is 1.79. The van der Waals surface area contributed by atoms with Crippen molar-refractivity contribution in [1.82, 2.24) is 19.5 Å². The lowest BCUT2D eigenvalue weighted by atomic mass is 10.3. The maximum Gasteiger partial charge on any atom is 0.162 e. The van der Waals surface area contributed by atoms with Crippen LogP contribution in [0.5, 0.6) is 0 Å². The molecule has 0 spiro atoms. The molecule has 0 aromatic carbocycles. The van der Waals surface area contributed by atoms with Crippen molar-refractivity contribution in [3.05, 3.63) is 28.7 Å². The van der Waals surface area contributed by atoms with Crippen LogP contribution in [-0.4, -0.2) is 19.5 Å². The highest BCUT2D eigenvalue weighted by molar-refractivity contribution is 7.10. The molecular formula is C14H17N5S. The van der Waals surface area contributed by atoms with Crippen molar-refractivity contribution in [1.29, 1.82) is 0 Å². The van der Waals surface area contributed by atoms with E-state index in [0.29, 0.717) is 0 Å². The first-order valence-electron chi connectivity index (χ1n) is 6.62. The van der Waals surface area contributed by atoms with Gasteiger partial charge in [-0.2, -0.15) is 0 Å². The number of hydrogen-bond acceptors (Lipinski definition) is 5. The quantitative estimate of drug-likeness (QED) is 0.803. The third-order valence-electron chi connectivity index (χ3n) is 3.11. The van der Waals surface area contributed by atoms with Crippen LogP contribution in [0.1, 0.15) is 37.9 Å². The van der Waals surface area contributed by atoms with Crippen LogP contribution < -0.4 is 5.73 Å². The largest absolute Gasteiger partial charge is 0.322 e. The molecule has 0 amide bonds. The predicted octanol–water partition coefficient (Wildman–Crippen LogP) is 3.16. The molecule has 1 unspecified atom stereocenters. The van der Waals surface area contributed by atoms with Crippen molar-refractivity contribution in [3.63, 3.8) is 0 Å². The van der Waals surface area contributed by atoms with Crippen LogP contribution in [0.2, 0.25) is 0 Å². The van der Waals surface area contributed by atoms with Gasteiger partial charge in [-0.1, -0.05) is 0 Å². The molecule has 0 aliphatic carbocycles. The number of pyridine rings is 1. The van der Waals surface area contributed by atoms with Crippen molar-refractivity contribution in [2.24, 2.45) is 5.73 Å². The summed E-state index contributed by atoms with van der Waals surface area (Å²) in [5.41, 5.74) is 8.55. The molecule has 0 aliphatic heterocycles. The van der Waals surface area contributed by atoms with Crippen molar-refractivity contribution in [2.75, 3.05) is 0 Å². The summed E-state index contributed by atoms with van der Waals surface area (Å²) in [6.45, 7) is 6.19. The summed E-state index contributed by atoms with van der Waals surface area (Å²) < 4.78 is 2.12. The number of nitrogens with zero attached hydrogens (tertiary/aromatic N) is 4. The van der Waals surface area contributed by atoms with Gasteiger partial charge in [-0.05, 0) is 32.9 Å².